The molecule has 0 bridgehead atoms. The normalized spacial score (nSPS) is 12.5. The Morgan fingerprint density at radius 2 is 1.96 bits per heavy atom. The van der Waals surface area contributed by atoms with Crippen LogP contribution in [0.5, 0.6) is 0 Å². The van der Waals surface area contributed by atoms with Gasteiger partial charge in [-0.25, -0.2) is 9.10 Å². The van der Waals surface area contributed by atoms with Gasteiger partial charge in [-0.1, -0.05) is 48.5 Å². The first kappa shape index (κ1) is 22.9. The molecule has 0 heterocycles. The molecule has 0 aliphatic carbocycles. The molecule has 24 heavy (non-hydrogen) atoms. The summed E-state index contributed by atoms with van der Waals surface area (Å²) < 4.78 is 1.21. The lowest BCUT2D eigenvalue weighted by atomic mass is 10.1. The number of amides is 1. The van der Waals surface area contributed by atoms with E-state index in [0.29, 0.717) is 5.75 Å². The van der Waals surface area contributed by atoms with Gasteiger partial charge in [0.05, 0.1) is 6.07 Å². The van der Waals surface area contributed by atoms with Gasteiger partial charge in [0.1, 0.15) is 0 Å². The Balaban J connectivity index is 4.93. The fourth-order valence-corrected chi connectivity index (χ4v) is 3.45. The zero-order valence-corrected chi connectivity index (χ0v) is 17.0. The van der Waals surface area contributed by atoms with E-state index in [1.165, 1.54) is 47.0 Å². The molecule has 0 saturated carbocycles. The summed E-state index contributed by atoms with van der Waals surface area (Å²) in [5.74, 6) is 0.328. The molecule has 0 aromatic heterocycles. The molecule has 1 amide bonds. The fourth-order valence-electron chi connectivity index (χ4n) is 0.922. The highest BCUT2D eigenvalue weighted by atomic mass is 33.1. The van der Waals surface area contributed by atoms with E-state index in [1.807, 2.05) is 26.8 Å². The molecule has 136 valence electrons. The van der Waals surface area contributed by atoms with Crippen LogP contribution in [0.25, 0.3) is 0 Å². The van der Waals surface area contributed by atoms with Crippen molar-refractivity contribution in [3.05, 3.63) is 10.1 Å². The van der Waals surface area contributed by atoms with Gasteiger partial charge in [-0.3, -0.25) is 15.0 Å². The van der Waals surface area contributed by atoms with Crippen LogP contribution in [0, 0.1) is 21.4 Å². The minimum atomic E-state index is -1.51. The van der Waals surface area contributed by atoms with Gasteiger partial charge in [0, 0.05) is 53.7 Å². The quantitative estimate of drug-likeness (QED) is 0.0925. The summed E-state index contributed by atoms with van der Waals surface area (Å²) in [7, 11) is 4.21. The first-order valence-corrected chi connectivity index (χ1v) is 10.0. The predicted octanol–water partition coefficient (Wildman–Crippen LogP) is 4.17. The summed E-state index contributed by atoms with van der Waals surface area (Å²) in [6.07, 6.45) is -0.516. The minimum absolute atomic E-state index is 0.0398. The molecule has 0 fully saturated rings. The lowest BCUT2D eigenvalue weighted by Gasteiger charge is -2.20. The summed E-state index contributed by atoms with van der Waals surface area (Å²) in [4.78, 5) is 27.4. The second-order valence-corrected chi connectivity index (χ2v) is 10.2. The summed E-state index contributed by atoms with van der Waals surface area (Å²) in [6, 6.07) is 1.95. The molecule has 0 spiro atoms. The molecule has 0 rings (SSSR count). The second-order valence-electron chi connectivity index (χ2n) is 6.09. The Labute approximate surface area is 154 Å². The van der Waals surface area contributed by atoms with Gasteiger partial charge >= 0.3 is 6.09 Å². The van der Waals surface area contributed by atoms with Crippen LogP contribution in [0.1, 0.15) is 41.0 Å². The van der Waals surface area contributed by atoms with Gasteiger partial charge < -0.3 is 0 Å². The number of hydrogen-bond acceptors (Lipinski definition) is 9. The van der Waals surface area contributed by atoms with E-state index in [2.05, 4.69) is 5.16 Å². The molecule has 8 nitrogen and oxygen atoms in total. The minimum Gasteiger partial charge on any atom is -0.296 e. The van der Waals surface area contributed by atoms with Crippen LogP contribution in [-0.2, 0) is 4.84 Å². The average Bonchev–Trinajstić information content (AvgIpc) is 2.46. The summed E-state index contributed by atoms with van der Waals surface area (Å²) >= 11 is 1.03. The highest BCUT2D eigenvalue weighted by molar-refractivity contribution is 8.76. The number of carbonyl (C=O) groups excluding carboxylic acids is 1. The van der Waals surface area contributed by atoms with Gasteiger partial charge in [-0.2, -0.15) is 5.26 Å². The number of rotatable bonds is 7. The van der Waals surface area contributed by atoms with E-state index in [-0.39, 0.29) is 16.2 Å². The van der Waals surface area contributed by atoms with Crippen LogP contribution < -0.4 is 0 Å². The van der Waals surface area contributed by atoms with Gasteiger partial charge in [0.15, 0.2) is 5.04 Å². The SMILES string of the molecule is CN(SSC(C)(C)C)C(=O)ON=C(SCCC#N)C(C)(C)[N+](=O)[O-]. The second kappa shape index (κ2) is 10.0. The van der Waals surface area contributed by atoms with E-state index >= 15 is 0 Å². The topological polar surface area (TPSA) is 109 Å². The summed E-state index contributed by atoms with van der Waals surface area (Å²) in [6.45, 7) is 8.75. The maximum Gasteiger partial charge on any atom is 0.446 e. The molecule has 0 radical (unpaired) electrons. The molecule has 0 aromatic carbocycles. The fraction of sp³-hybridized carbons (Fsp3) is 0.769. The smallest absolute Gasteiger partial charge is 0.296 e. The van der Waals surface area contributed by atoms with Crippen LogP contribution in [0.15, 0.2) is 5.16 Å². The third kappa shape index (κ3) is 8.65. The monoisotopic (exact) mass is 394 g/mol. The number of oxime groups is 1. The first-order valence-electron chi connectivity index (χ1n) is 6.95. The molecular formula is C13H22N4O4S3. The number of carbonyl (C=O) groups is 1. The maximum absolute atomic E-state index is 11.9. The zero-order chi connectivity index (χ0) is 19.0. The summed E-state index contributed by atoms with van der Waals surface area (Å²) in [5.41, 5.74) is -1.51. The summed E-state index contributed by atoms with van der Waals surface area (Å²) in [5, 5.41) is 23.5. The largest absolute Gasteiger partial charge is 0.446 e. The molecular weight excluding hydrogens is 372 g/mol. The number of nitriles is 1. The van der Waals surface area contributed by atoms with Gasteiger partial charge in [0.2, 0.25) is 0 Å². The predicted molar refractivity (Wildman–Crippen MR) is 100 cm³/mol. The van der Waals surface area contributed by atoms with Gasteiger partial charge in [-0.15, -0.1) is 0 Å². The molecule has 0 atom stereocenters. The molecule has 0 aromatic rings. The molecule has 0 saturated heterocycles. The third-order valence-corrected chi connectivity index (χ3v) is 6.89. The van der Waals surface area contributed by atoms with E-state index in [4.69, 9.17) is 10.1 Å². The standard InChI is InChI=1S/C13H22N4O4S3/c1-12(2,3)23-24-16(6)11(18)21-15-10(22-9-7-8-14)13(4,5)17(19)20/h7,9H2,1-6H3. The van der Waals surface area contributed by atoms with Crippen LogP contribution in [0.4, 0.5) is 4.79 Å². The number of nitro groups is 1. The molecule has 0 aliphatic heterocycles. The number of thioether (sulfide) groups is 1. The highest BCUT2D eigenvalue weighted by Crippen LogP contribution is 2.36. The van der Waals surface area contributed by atoms with Crippen molar-refractivity contribution in [3.8, 4) is 6.07 Å². The van der Waals surface area contributed by atoms with E-state index in [0.717, 1.165) is 11.8 Å². The van der Waals surface area contributed by atoms with E-state index in [1.54, 1.807) is 0 Å². The Kier molecular flexibility index (Phi) is 9.54. The Bertz CT molecular complexity index is 526. The Hall–Kier alpha value is -1.12. The van der Waals surface area contributed by atoms with E-state index < -0.39 is 16.6 Å². The van der Waals surface area contributed by atoms with Crippen molar-refractivity contribution in [2.45, 2.75) is 51.3 Å². The van der Waals surface area contributed by atoms with Crippen LogP contribution in [0.3, 0.4) is 0 Å². The van der Waals surface area contributed by atoms with Crippen molar-refractivity contribution in [2.75, 3.05) is 12.8 Å². The zero-order valence-electron chi connectivity index (χ0n) is 14.6. The van der Waals surface area contributed by atoms with Gasteiger partial charge in [-0.05, 0) is 0 Å². The number of hydrogen-bond donors (Lipinski definition) is 0. The average molecular weight is 395 g/mol. The van der Waals surface area contributed by atoms with Crippen molar-refractivity contribution in [1.29, 1.82) is 5.26 Å². The highest BCUT2D eigenvalue weighted by Gasteiger charge is 2.39. The van der Waals surface area contributed by atoms with Crippen molar-refractivity contribution >= 4 is 44.7 Å². The van der Waals surface area contributed by atoms with Crippen molar-refractivity contribution < 1.29 is 14.6 Å². The molecule has 0 unspecified atom stereocenters. The molecule has 11 heteroatoms. The van der Waals surface area contributed by atoms with Crippen molar-refractivity contribution in [2.24, 2.45) is 5.16 Å². The van der Waals surface area contributed by atoms with Crippen LogP contribution in [0.2, 0.25) is 0 Å². The third-order valence-electron chi connectivity index (χ3n) is 2.30. The van der Waals surface area contributed by atoms with Crippen LogP contribution in [-0.4, -0.2) is 43.5 Å². The molecule has 0 aliphatic rings. The van der Waals surface area contributed by atoms with Crippen LogP contribution >= 0.6 is 33.5 Å². The van der Waals surface area contributed by atoms with Crippen molar-refractivity contribution in [3.63, 3.8) is 0 Å². The van der Waals surface area contributed by atoms with Gasteiger partial charge in [0.25, 0.3) is 5.54 Å². The molecule has 0 N–H and O–H groups in total. The van der Waals surface area contributed by atoms with E-state index in [9.17, 15) is 14.9 Å². The lowest BCUT2D eigenvalue weighted by Crippen LogP contribution is -2.39. The first-order chi connectivity index (χ1) is 10.9. The Morgan fingerprint density at radius 1 is 1.38 bits per heavy atom. The Morgan fingerprint density at radius 3 is 2.42 bits per heavy atom. The lowest BCUT2D eigenvalue weighted by molar-refractivity contribution is -0.537. The van der Waals surface area contributed by atoms with Crippen molar-refractivity contribution in [1.82, 2.24) is 4.31 Å². The number of nitrogens with zero attached hydrogens (tertiary/aromatic N) is 4. The maximum atomic E-state index is 11.9.